The summed E-state index contributed by atoms with van der Waals surface area (Å²) >= 11 is 3.20. The number of rotatable bonds is 5. The lowest BCUT2D eigenvalue weighted by atomic mass is 10.1. The van der Waals surface area contributed by atoms with Gasteiger partial charge in [-0.15, -0.1) is 11.3 Å². The van der Waals surface area contributed by atoms with Crippen molar-refractivity contribution in [3.63, 3.8) is 0 Å². The van der Waals surface area contributed by atoms with Crippen molar-refractivity contribution in [3.05, 3.63) is 77.5 Å². The van der Waals surface area contributed by atoms with E-state index in [1.54, 1.807) is 36.0 Å². The Hall–Kier alpha value is -2.87. The first-order chi connectivity index (χ1) is 14.5. The maximum Gasteiger partial charge on any atom is 0.324 e. The summed E-state index contributed by atoms with van der Waals surface area (Å²) < 4.78 is 1.09. The summed E-state index contributed by atoms with van der Waals surface area (Å²) in [7, 11) is 0. The predicted molar refractivity (Wildman–Crippen MR) is 125 cm³/mol. The smallest absolute Gasteiger partial charge is 0.324 e. The molecule has 5 nitrogen and oxygen atoms in total. The summed E-state index contributed by atoms with van der Waals surface area (Å²) in [6.45, 7) is 4.19. The number of aryl methyl sites for hydroxylation is 2. The van der Waals surface area contributed by atoms with Gasteiger partial charge in [0.05, 0.1) is 21.3 Å². The highest BCUT2D eigenvalue weighted by molar-refractivity contribution is 8.01. The molecular weight excluding hydrogens is 414 g/mol. The summed E-state index contributed by atoms with van der Waals surface area (Å²) in [5.74, 6) is 0. The Morgan fingerprint density at radius 1 is 1.03 bits per heavy atom. The van der Waals surface area contributed by atoms with Gasteiger partial charge >= 0.3 is 6.03 Å². The molecule has 0 spiro atoms. The van der Waals surface area contributed by atoms with Gasteiger partial charge in [-0.25, -0.2) is 4.79 Å². The number of carbonyl (C=O) groups is 1. The Bertz CT molecular complexity index is 1200. The maximum atomic E-state index is 12.3. The largest absolute Gasteiger partial charge is 0.392 e. The molecule has 2 aromatic carbocycles. The molecule has 2 amide bonds. The van der Waals surface area contributed by atoms with Gasteiger partial charge < -0.3 is 10.4 Å². The number of nitrogens with one attached hydrogen (secondary N) is 2. The third-order valence-electron chi connectivity index (χ3n) is 4.74. The molecule has 4 aromatic rings. The van der Waals surface area contributed by atoms with Gasteiger partial charge in [-0.2, -0.15) is 0 Å². The Balaban J connectivity index is 1.45. The van der Waals surface area contributed by atoms with Gasteiger partial charge in [-0.1, -0.05) is 23.9 Å². The first-order valence-electron chi connectivity index (χ1n) is 9.43. The van der Waals surface area contributed by atoms with Crippen LogP contribution in [0.1, 0.15) is 16.7 Å². The van der Waals surface area contributed by atoms with Crippen molar-refractivity contribution in [1.82, 2.24) is 4.98 Å². The lowest BCUT2D eigenvalue weighted by molar-refractivity contribution is 0.262. The number of thiophene rings is 1. The molecule has 0 radical (unpaired) electrons. The number of aromatic nitrogens is 1. The van der Waals surface area contributed by atoms with E-state index in [4.69, 9.17) is 5.11 Å². The van der Waals surface area contributed by atoms with Gasteiger partial charge in [0.2, 0.25) is 0 Å². The van der Waals surface area contributed by atoms with Crippen molar-refractivity contribution in [2.75, 3.05) is 10.6 Å². The van der Waals surface area contributed by atoms with Crippen LogP contribution in [-0.4, -0.2) is 16.1 Å². The topological polar surface area (TPSA) is 74.2 Å². The molecule has 0 bridgehead atoms. The monoisotopic (exact) mass is 435 g/mol. The number of benzene rings is 2. The van der Waals surface area contributed by atoms with Crippen LogP contribution in [0.3, 0.4) is 0 Å². The van der Waals surface area contributed by atoms with E-state index in [9.17, 15) is 4.79 Å². The third-order valence-corrected chi connectivity index (χ3v) is 6.95. The highest BCUT2D eigenvalue weighted by Crippen LogP contribution is 2.38. The fraction of sp³-hybridized carbons (Fsp3) is 0.130. The number of aliphatic hydroxyl groups is 1. The highest BCUT2D eigenvalue weighted by atomic mass is 32.2. The van der Waals surface area contributed by atoms with E-state index in [1.165, 1.54) is 22.5 Å². The molecular formula is C23H21N3O2S2. The molecule has 2 heterocycles. The van der Waals surface area contributed by atoms with Crippen molar-refractivity contribution in [2.24, 2.45) is 0 Å². The van der Waals surface area contributed by atoms with Crippen molar-refractivity contribution < 1.29 is 9.90 Å². The molecule has 0 unspecified atom stereocenters. The SMILES string of the molecule is Cc1cc2nccc(Sc3ccc(NC(=O)Nc4ccc(CO)cc4)s3)c2cc1C. The second-order valence-corrected chi connectivity index (χ2v) is 9.34. The van der Waals surface area contributed by atoms with Crippen LogP contribution in [0.25, 0.3) is 10.9 Å². The molecule has 7 heteroatoms. The number of aliphatic hydroxyl groups excluding tert-OH is 1. The number of carbonyl (C=O) groups excluding carboxylic acids is 1. The number of hydrogen-bond donors (Lipinski definition) is 3. The third kappa shape index (κ3) is 4.64. The minimum Gasteiger partial charge on any atom is -0.392 e. The summed E-state index contributed by atoms with van der Waals surface area (Å²) in [5, 5.41) is 16.7. The van der Waals surface area contributed by atoms with Gasteiger partial charge in [0.25, 0.3) is 0 Å². The van der Waals surface area contributed by atoms with E-state index in [0.717, 1.165) is 30.6 Å². The standard InChI is InChI=1S/C23H21N3O2S2/c1-14-11-18-19(12-15(14)2)24-10-9-20(18)29-22-8-7-21(30-22)26-23(28)25-17-5-3-16(13-27)4-6-17/h3-12,27H,13H2,1-2H3,(H2,25,26,28). The lowest BCUT2D eigenvalue weighted by Crippen LogP contribution is -2.18. The summed E-state index contributed by atoms with van der Waals surface area (Å²) in [6, 6.07) is 17.0. The highest BCUT2D eigenvalue weighted by Gasteiger charge is 2.10. The van der Waals surface area contributed by atoms with Crippen LogP contribution in [0.2, 0.25) is 0 Å². The average molecular weight is 436 g/mol. The Labute approximate surface area is 183 Å². The molecule has 0 aliphatic heterocycles. The van der Waals surface area contributed by atoms with Crippen molar-refractivity contribution in [1.29, 1.82) is 0 Å². The van der Waals surface area contributed by atoms with E-state index in [2.05, 4.69) is 41.6 Å². The van der Waals surface area contributed by atoms with E-state index >= 15 is 0 Å². The zero-order valence-corrected chi connectivity index (χ0v) is 18.2. The fourth-order valence-electron chi connectivity index (χ4n) is 2.99. The normalized spacial score (nSPS) is 10.9. The molecule has 0 fully saturated rings. The number of fused-ring (bicyclic) bond motifs is 1. The number of pyridine rings is 1. The Morgan fingerprint density at radius 3 is 2.57 bits per heavy atom. The molecule has 4 rings (SSSR count). The number of anilines is 2. The molecule has 30 heavy (non-hydrogen) atoms. The molecule has 2 aromatic heterocycles. The molecule has 0 atom stereocenters. The number of urea groups is 1. The minimum absolute atomic E-state index is 0.0198. The van der Waals surface area contributed by atoms with Crippen molar-refractivity contribution >= 4 is 50.7 Å². The zero-order chi connectivity index (χ0) is 21.1. The van der Waals surface area contributed by atoms with Gasteiger partial charge in [-0.05, 0) is 73.0 Å². The summed E-state index contributed by atoms with van der Waals surface area (Å²) in [6.07, 6.45) is 1.84. The summed E-state index contributed by atoms with van der Waals surface area (Å²) in [5.41, 5.74) is 4.94. The van der Waals surface area contributed by atoms with Crippen LogP contribution in [0.15, 0.2) is 69.9 Å². The fourth-order valence-corrected chi connectivity index (χ4v) is 5.08. The van der Waals surface area contributed by atoms with E-state index in [1.807, 2.05) is 24.4 Å². The second-order valence-electron chi connectivity index (χ2n) is 6.92. The molecule has 0 saturated carbocycles. The van der Waals surface area contributed by atoms with Crippen LogP contribution >= 0.6 is 23.1 Å². The maximum absolute atomic E-state index is 12.3. The van der Waals surface area contributed by atoms with Crippen molar-refractivity contribution in [2.45, 2.75) is 29.6 Å². The molecule has 3 N–H and O–H groups in total. The zero-order valence-electron chi connectivity index (χ0n) is 16.6. The quantitative estimate of drug-likeness (QED) is 0.349. The lowest BCUT2D eigenvalue weighted by Gasteiger charge is -2.08. The van der Waals surface area contributed by atoms with E-state index < -0.39 is 0 Å². The number of hydrogen-bond acceptors (Lipinski definition) is 5. The minimum atomic E-state index is -0.300. The summed E-state index contributed by atoms with van der Waals surface area (Å²) in [4.78, 5) is 17.9. The average Bonchev–Trinajstić information content (AvgIpc) is 3.16. The predicted octanol–water partition coefficient (Wildman–Crippen LogP) is 6.20. The molecule has 0 aliphatic carbocycles. The van der Waals surface area contributed by atoms with Crippen LogP contribution in [0, 0.1) is 13.8 Å². The van der Waals surface area contributed by atoms with Gasteiger partial charge in [-0.3, -0.25) is 10.3 Å². The molecule has 152 valence electrons. The Morgan fingerprint density at radius 2 is 1.80 bits per heavy atom. The van der Waals surface area contributed by atoms with Gasteiger partial charge in [0.15, 0.2) is 0 Å². The first-order valence-corrected chi connectivity index (χ1v) is 11.1. The van der Waals surface area contributed by atoms with Gasteiger partial charge in [0, 0.05) is 22.2 Å². The van der Waals surface area contributed by atoms with E-state index in [-0.39, 0.29) is 12.6 Å². The van der Waals surface area contributed by atoms with Crippen molar-refractivity contribution in [3.8, 4) is 0 Å². The van der Waals surface area contributed by atoms with Crippen LogP contribution < -0.4 is 10.6 Å². The Kier molecular flexibility index (Phi) is 6.03. The first kappa shape index (κ1) is 20.4. The molecule has 0 saturated heterocycles. The van der Waals surface area contributed by atoms with Crippen LogP contribution in [0.4, 0.5) is 15.5 Å². The molecule has 0 aliphatic rings. The van der Waals surface area contributed by atoms with Crippen LogP contribution in [-0.2, 0) is 6.61 Å². The van der Waals surface area contributed by atoms with Gasteiger partial charge in [0.1, 0.15) is 0 Å². The second kappa shape index (κ2) is 8.87. The van der Waals surface area contributed by atoms with E-state index in [0.29, 0.717) is 5.69 Å². The van der Waals surface area contributed by atoms with Crippen LogP contribution in [0.5, 0.6) is 0 Å². The number of amides is 2. The number of nitrogens with zero attached hydrogens (tertiary/aromatic N) is 1.